The van der Waals surface area contributed by atoms with Crippen LogP contribution in [0.4, 0.5) is 0 Å². The van der Waals surface area contributed by atoms with Crippen LogP contribution in [-0.2, 0) is 28.7 Å². The number of ether oxygens (including phenoxy) is 2. The van der Waals surface area contributed by atoms with E-state index in [1.54, 1.807) is 39.8 Å². The van der Waals surface area contributed by atoms with Crippen molar-refractivity contribution in [2.75, 3.05) is 13.7 Å². The lowest BCUT2D eigenvalue weighted by Gasteiger charge is -2.35. The molecule has 3 heterocycles. The first kappa shape index (κ1) is 30.1. The van der Waals surface area contributed by atoms with Gasteiger partial charge >= 0.3 is 5.97 Å². The molecule has 0 unspecified atom stereocenters. The second kappa shape index (κ2) is 12.4. The van der Waals surface area contributed by atoms with E-state index in [0.29, 0.717) is 25.1 Å². The van der Waals surface area contributed by atoms with Gasteiger partial charge in [-0.1, -0.05) is 30.4 Å². The number of fused-ring (bicyclic) bond motifs is 4. The minimum absolute atomic E-state index is 0.251. The lowest BCUT2D eigenvalue weighted by molar-refractivity contribution is -0.170. The number of cyclic esters (lactones) is 1. The van der Waals surface area contributed by atoms with Crippen molar-refractivity contribution in [3.8, 4) is 0 Å². The second-order valence-electron chi connectivity index (χ2n) is 11.3. The zero-order valence-electron chi connectivity index (χ0n) is 24.4. The number of hydrogen-bond acceptors (Lipinski definition) is 8. The highest BCUT2D eigenvalue weighted by Gasteiger charge is 2.37. The Morgan fingerprint density at radius 2 is 1.76 bits per heavy atom. The molecule has 11 heteroatoms. The number of carbonyl (C=O) groups excluding carboxylic acids is 4. The summed E-state index contributed by atoms with van der Waals surface area (Å²) in [7, 11) is 1.41. The van der Waals surface area contributed by atoms with Gasteiger partial charge in [-0.25, -0.2) is 5.43 Å². The Balaban J connectivity index is 1.71. The van der Waals surface area contributed by atoms with Crippen molar-refractivity contribution < 1.29 is 28.7 Å². The molecule has 1 saturated heterocycles. The molecule has 0 aliphatic carbocycles. The van der Waals surface area contributed by atoms with Crippen molar-refractivity contribution in [3.05, 3.63) is 47.7 Å². The Labute approximate surface area is 240 Å². The van der Waals surface area contributed by atoms with E-state index in [9.17, 15) is 19.2 Å². The highest BCUT2D eigenvalue weighted by Crippen LogP contribution is 2.25. The van der Waals surface area contributed by atoms with Crippen LogP contribution in [0.2, 0.25) is 0 Å². The number of aromatic nitrogens is 1. The molecule has 5 bridgehead atoms. The molecule has 2 aliphatic rings. The molecule has 11 nitrogen and oxygen atoms in total. The number of nitrogens with zero attached hydrogens (tertiary/aromatic N) is 2. The van der Waals surface area contributed by atoms with Gasteiger partial charge < -0.3 is 20.1 Å². The summed E-state index contributed by atoms with van der Waals surface area (Å²) >= 11 is 0. The maximum absolute atomic E-state index is 13.2. The summed E-state index contributed by atoms with van der Waals surface area (Å²) in [6, 6.07) is 7.64. The number of benzene rings is 1. The largest absolute Gasteiger partial charge is 0.449 e. The first-order valence-corrected chi connectivity index (χ1v) is 13.9. The van der Waals surface area contributed by atoms with Crippen molar-refractivity contribution in [1.29, 1.82) is 0 Å². The van der Waals surface area contributed by atoms with Gasteiger partial charge in [-0.05, 0) is 65.2 Å². The third-order valence-corrected chi connectivity index (χ3v) is 7.55. The zero-order valence-corrected chi connectivity index (χ0v) is 24.4. The first-order chi connectivity index (χ1) is 19.4. The standard InChI is InChI=1S/C30H39N5O6/c1-17-22-12-11-21-10-9-20(16-24(21)33-22)13-14-30(4,5)29(39)41-25(19(3)40-6)27(37)32-18(2)28(38)35-15-7-8-23(34-35)26(36)31-17/h9-14,16-19,23,25,34H,7-8,15H2,1-6H3,(H,31,36)(H,32,37)/b14-13+/t17-,18+,19-,23+,25+/m1/s1. The van der Waals surface area contributed by atoms with Crippen molar-refractivity contribution >= 4 is 40.7 Å². The van der Waals surface area contributed by atoms with Crippen LogP contribution in [0.15, 0.2) is 36.4 Å². The van der Waals surface area contributed by atoms with Crippen molar-refractivity contribution in [2.45, 2.75) is 77.8 Å². The molecule has 1 fully saturated rings. The van der Waals surface area contributed by atoms with Crippen LogP contribution in [-0.4, -0.2) is 71.6 Å². The zero-order chi connectivity index (χ0) is 29.9. The Kier molecular flexibility index (Phi) is 9.08. The third kappa shape index (κ3) is 6.91. The summed E-state index contributed by atoms with van der Waals surface area (Å²) in [5.74, 6) is -1.95. The third-order valence-electron chi connectivity index (χ3n) is 7.55. The molecular weight excluding hydrogens is 526 g/mol. The number of nitrogens with one attached hydrogen (secondary N) is 3. The van der Waals surface area contributed by atoms with E-state index < -0.39 is 47.5 Å². The predicted octanol–water partition coefficient (Wildman–Crippen LogP) is 2.41. The van der Waals surface area contributed by atoms with Gasteiger partial charge in [0.2, 0.25) is 12.0 Å². The maximum Gasteiger partial charge on any atom is 0.316 e. The van der Waals surface area contributed by atoms with Gasteiger partial charge in [-0.15, -0.1) is 0 Å². The molecule has 4 rings (SSSR count). The van der Waals surface area contributed by atoms with E-state index in [4.69, 9.17) is 14.5 Å². The van der Waals surface area contributed by atoms with Crippen molar-refractivity contribution in [1.82, 2.24) is 26.1 Å². The number of carbonyl (C=O) groups is 4. The summed E-state index contributed by atoms with van der Waals surface area (Å²) in [6.45, 7) is 8.78. The molecule has 2 aromatic rings. The summed E-state index contributed by atoms with van der Waals surface area (Å²) in [6.07, 6.45) is 2.60. The lowest BCUT2D eigenvalue weighted by atomic mass is 9.92. The second-order valence-corrected chi connectivity index (χ2v) is 11.3. The molecular formula is C30H39N5O6. The van der Waals surface area contributed by atoms with E-state index in [1.165, 1.54) is 12.1 Å². The molecule has 220 valence electrons. The van der Waals surface area contributed by atoms with E-state index in [0.717, 1.165) is 16.5 Å². The monoisotopic (exact) mass is 565 g/mol. The highest BCUT2D eigenvalue weighted by atomic mass is 16.6. The Hall–Kier alpha value is -3.83. The van der Waals surface area contributed by atoms with Gasteiger partial charge in [-0.3, -0.25) is 29.2 Å². The molecule has 0 saturated carbocycles. The molecule has 2 aliphatic heterocycles. The van der Waals surface area contributed by atoms with Gasteiger partial charge in [0.25, 0.3) is 11.8 Å². The highest BCUT2D eigenvalue weighted by molar-refractivity contribution is 5.92. The van der Waals surface area contributed by atoms with Gasteiger partial charge in [0.05, 0.1) is 22.7 Å². The topological polar surface area (TPSA) is 139 Å². The summed E-state index contributed by atoms with van der Waals surface area (Å²) < 4.78 is 11.0. The molecule has 3 N–H and O–H groups in total. The summed E-state index contributed by atoms with van der Waals surface area (Å²) in [5.41, 5.74) is 4.18. The molecule has 0 radical (unpaired) electrons. The maximum atomic E-state index is 13.2. The summed E-state index contributed by atoms with van der Waals surface area (Å²) in [4.78, 5) is 57.6. The number of hydrazine groups is 1. The Morgan fingerprint density at radius 1 is 1.05 bits per heavy atom. The van der Waals surface area contributed by atoms with Crippen molar-refractivity contribution in [3.63, 3.8) is 0 Å². The molecule has 5 atom stereocenters. The number of amides is 3. The van der Waals surface area contributed by atoms with Gasteiger partial charge in [-0.2, -0.15) is 0 Å². The quantitative estimate of drug-likeness (QED) is 0.472. The fourth-order valence-corrected chi connectivity index (χ4v) is 4.73. The molecule has 41 heavy (non-hydrogen) atoms. The minimum Gasteiger partial charge on any atom is -0.449 e. The summed E-state index contributed by atoms with van der Waals surface area (Å²) in [5, 5.41) is 7.94. The minimum atomic E-state index is -1.29. The van der Waals surface area contributed by atoms with E-state index >= 15 is 0 Å². The van der Waals surface area contributed by atoms with Crippen LogP contribution in [0.1, 0.15) is 64.8 Å². The fraction of sp³-hybridized carbons (Fsp3) is 0.500. The number of methoxy groups -OCH3 is 1. The predicted molar refractivity (Wildman–Crippen MR) is 153 cm³/mol. The Bertz CT molecular complexity index is 1360. The van der Waals surface area contributed by atoms with Crippen LogP contribution < -0.4 is 16.1 Å². The van der Waals surface area contributed by atoms with Crippen LogP contribution >= 0.6 is 0 Å². The van der Waals surface area contributed by atoms with Crippen LogP contribution in [0.3, 0.4) is 0 Å². The first-order valence-electron chi connectivity index (χ1n) is 13.9. The number of esters is 1. The molecule has 0 spiro atoms. The van der Waals surface area contributed by atoms with Gasteiger partial charge in [0.15, 0.2) is 0 Å². The lowest BCUT2D eigenvalue weighted by Crippen LogP contribution is -2.61. The molecule has 3 amide bonds. The van der Waals surface area contributed by atoms with E-state index in [-0.39, 0.29) is 11.9 Å². The van der Waals surface area contributed by atoms with Crippen LogP contribution in [0.5, 0.6) is 0 Å². The molecule has 1 aromatic heterocycles. The fourth-order valence-electron chi connectivity index (χ4n) is 4.73. The van der Waals surface area contributed by atoms with Crippen LogP contribution in [0, 0.1) is 5.41 Å². The van der Waals surface area contributed by atoms with Gasteiger partial charge in [0.1, 0.15) is 18.2 Å². The number of pyridine rings is 1. The average molecular weight is 566 g/mol. The number of rotatable bonds is 2. The van der Waals surface area contributed by atoms with Crippen molar-refractivity contribution in [2.24, 2.45) is 5.41 Å². The smallest absolute Gasteiger partial charge is 0.316 e. The SMILES string of the molecule is CO[C@H](C)[C@@H]1OC(=O)C(C)(C)/C=C/c2ccc3ccc(nc3c2)[C@@H](C)NC(=O)[C@@H]2CCCN(N2)C(=O)[C@H](C)NC1=O. The number of hydrogen-bond donors (Lipinski definition) is 3. The van der Waals surface area contributed by atoms with E-state index in [2.05, 4.69) is 16.1 Å². The Morgan fingerprint density at radius 3 is 2.49 bits per heavy atom. The van der Waals surface area contributed by atoms with Gasteiger partial charge in [0, 0.05) is 19.0 Å². The molecule has 1 aromatic carbocycles. The normalized spacial score (nSPS) is 27.5. The van der Waals surface area contributed by atoms with Crippen LogP contribution in [0.25, 0.3) is 17.0 Å². The van der Waals surface area contributed by atoms with E-state index in [1.807, 2.05) is 37.3 Å². The average Bonchev–Trinajstić information content (AvgIpc) is 2.96.